The van der Waals surface area contributed by atoms with E-state index in [9.17, 15) is 14.4 Å². The van der Waals surface area contributed by atoms with Crippen molar-refractivity contribution < 1.29 is 18.8 Å². The number of anilines is 1. The van der Waals surface area contributed by atoms with Crippen LogP contribution in [0.1, 0.15) is 18.2 Å². The monoisotopic (exact) mass is 452 g/mol. The Hall–Kier alpha value is -3.29. The predicted molar refractivity (Wildman–Crippen MR) is 119 cm³/mol. The van der Waals surface area contributed by atoms with Crippen LogP contribution in [0.3, 0.4) is 0 Å². The number of hydrogen-bond acceptors (Lipinski definition) is 5. The zero-order valence-corrected chi connectivity index (χ0v) is 18.0. The van der Waals surface area contributed by atoms with E-state index in [4.69, 9.17) is 16.0 Å². The van der Waals surface area contributed by atoms with Crippen molar-refractivity contribution in [3.8, 4) is 0 Å². The molecule has 0 atom stereocenters. The number of amides is 4. The SMILES string of the molecule is CCc1ccc(N2C(=O)NC(=O)C(=Cc3ccc(Sc4ccc(Cl)cc4)o3)C2=O)cc1. The molecule has 2 aromatic carbocycles. The second kappa shape index (κ2) is 8.83. The zero-order valence-electron chi connectivity index (χ0n) is 16.4. The van der Waals surface area contributed by atoms with Crippen LogP contribution in [-0.4, -0.2) is 17.8 Å². The molecule has 31 heavy (non-hydrogen) atoms. The van der Waals surface area contributed by atoms with Gasteiger partial charge in [-0.1, -0.05) is 42.4 Å². The number of imide groups is 2. The quantitative estimate of drug-likeness (QED) is 0.419. The van der Waals surface area contributed by atoms with Gasteiger partial charge in [-0.2, -0.15) is 0 Å². The molecular weight excluding hydrogens is 436 g/mol. The van der Waals surface area contributed by atoms with Crippen molar-refractivity contribution in [2.75, 3.05) is 4.90 Å². The lowest BCUT2D eigenvalue weighted by atomic mass is 10.1. The largest absolute Gasteiger partial charge is 0.450 e. The van der Waals surface area contributed by atoms with E-state index >= 15 is 0 Å². The Bertz CT molecular complexity index is 1180. The second-order valence-corrected chi connectivity index (χ2v) is 8.20. The van der Waals surface area contributed by atoms with Crippen LogP contribution < -0.4 is 10.2 Å². The van der Waals surface area contributed by atoms with Gasteiger partial charge in [0.2, 0.25) is 0 Å². The molecule has 156 valence electrons. The molecule has 1 aliphatic rings. The number of carbonyl (C=O) groups excluding carboxylic acids is 3. The number of carbonyl (C=O) groups is 3. The molecule has 4 amide bonds. The fraction of sp³-hybridized carbons (Fsp3) is 0.0870. The first-order valence-corrected chi connectivity index (χ1v) is 10.7. The number of halogens is 1. The summed E-state index contributed by atoms with van der Waals surface area (Å²) in [7, 11) is 0. The number of nitrogens with zero attached hydrogens (tertiary/aromatic N) is 1. The number of urea groups is 1. The van der Waals surface area contributed by atoms with Crippen LogP contribution in [0.25, 0.3) is 6.08 Å². The molecule has 1 aromatic heterocycles. The molecule has 1 N–H and O–H groups in total. The molecule has 3 aromatic rings. The van der Waals surface area contributed by atoms with Gasteiger partial charge in [0.05, 0.1) is 5.69 Å². The lowest BCUT2D eigenvalue weighted by Crippen LogP contribution is -2.54. The molecule has 0 saturated carbocycles. The van der Waals surface area contributed by atoms with E-state index in [1.54, 1.807) is 36.4 Å². The van der Waals surface area contributed by atoms with Crippen molar-refractivity contribution in [2.24, 2.45) is 0 Å². The van der Waals surface area contributed by atoms with Gasteiger partial charge in [0.15, 0.2) is 5.09 Å². The highest BCUT2D eigenvalue weighted by Gasteiger charge is 2.37. The Morgan fingerprint density at radius 3 is 2.39 bits per heavy atom. The fourth-order valence-electron chi connectivity index (χ4n) is 3.00. The summed E-state index contributed by atoms with van der Waals surface area (Å²) in [6, 6.07) is 16.9. The minimum absolute atomic E-state index is 0.184. The van der Waals surface area contributed by atoms with Gasteiger partial charge in [0, 0.05) is 9.92 Å². The van der Waals surface area contributed by atoms with Gasteiger partial charge in [-0.3, -0.25) is 14.9 Å². The number of furan rings is 1. The summed E-state index contributed by atoms with van der Waals surface area (Å²) in [5, 5.41) is 3.43. The topological polar surface area (TPSA) is 79.6 Å². The summed E-state index contributed by atoms with van der Waals surface area (Å²) < 4.78 is 5.73. The summed E-state index contributed by atoms with van der Waals surface area (Å²) in [5.74, 6) is -1.15. The smallest absolute Gasteiger partial charge is 0.335 e. The molecule has 0 aliphatic carbocycles. The van der Waals surface area contributed by atoms with Gasteiger partial charge in [-0.05, 0) is 66.6 Å². The van der Waals surface area contributed by atoms with Crippen molar-refractivity contribution in [2.45, 2.75) is 23.3 Å². The minimum Gasteiger partial charge on any atom is -0.450 e. The van der Waals surface area contributed by atoms with E-state index in [1.165, 1.54) is 17.8 Å². The molecule has 0 spiro atoms. The van der Waals surface area contributed by atoms with Crippen LogP contribution in [-0.2, 0) is 16.0 Å². The van der Waals surface area contributed by atoms with Gasteiger partial charge in [-0.15, -0.1) is 0 Å². The standard InChI is InChI=1S/C23H17ClN2O4S/c1-2-14-3-7-16(8-4-14)26-22(28)19(21(27)25-23(26)29)13-17-9-12-20(30-17)31-18-10-5-15(24)6-11-18/h3-13H,2H2,1H3,(H,25,27,29). The Morgan fingerprint density at radius 2 is 1.71 bits per heavy atom. The highest BCUT2D eigenvalue weighted by atomic mass is 35.5. The average Bonchev–Trinajstić information content (AvgIpc) is 3.20. The highest BCUT2D eigenvalue weighted by molar-refractivity contribution is 7.99. The molecule has 2 heterocycles. The molecule has 1 fully saturated rings. The molecule has 6 nitrogen and oxygen atoms in total. The summed E-state index contributed by atoms with van der Waals surface area (Å²) in [6.07, 6.45) is 2.17. The van der Waals surface area contributed by atoms with Gasteiger partial charge in [0.25, 0.3) is 11.8 Å². The Kier molecular flexibility index (Phi) is 5.97. The Labute approximate surface area is 187 Å². The molecular formula is C23H17ClN2O4S. The molecule has 0 unspecified atom stereocenters. The van der Waals surface area contributed by atoms with Crippen molar-refractivity contribution >= 4 is 53.0 Å². The van der Waals surface area contributed by atoms with Crippen LogP contribution in [0.2, 0.25) is 5.02 Å². The number of benzene rings is 2. The maximum atomic E-state index is 13.0. The first-order chi connectivity index (χ1) is 14.9. The summed E-state index contributed by atoms with van der Waals surface area (Å²) in [4.78, 5) is 39.5. The first-order valence-electron chi connectivity index (χ1n) is 9.48. The van der Waals surface area contributed by atoms with Crippen LogP contribution >= 0.6 is 23.4 Å². The maximum absolute atomic E-state index is 13.0. The summed E-state index contributed by atoms with van der Waals surface area (Å²) >= 11 is 7.28. The van der Waals surface area contributed by atoms with E-state index in [-0.39, 0.29) is 5.57 Å². The third kappa shape index (κ3) is 4.57. The lowest BCUT2D eigenvalue weighted by molar-refractivity contribution is -0.122. The van der Waals surface area contributed by atoms with Crippen molar-refractivity contribution in [1.29, 1.82) is 0 Å². The summed E-state index contributed by atoms with van der Waals surface area (Å²) in [5.41, 5.74) is 1.27. The van der Waals surface area contributed by atoms with E-state index in [1.807, 2.05) is 31.2 Å². The lowest BCUT2D eigenvalue weighted by Gasteiger charge is -2.26. The van der Waals surface area contributed by atoms with Crippen molar-refractivity contribution in [3.05, 3.63) is 82.6 Å². The number of hydrogen-bond donors (Lipinski definition) is 1. The van der Waals surface area contributed by atoms with E-state index in [0.29, 0.717) is 21.6 Å². The van der Waals surface area contributed by atoms with Crippen molar-refractivity contribution in [1.82, 2.24) is 5.32 Å². The van der Waals surface area contributed by atoms with Gasteiger partial charge in [0.1, 0.15) is 11.3 Å². The van der Waals surface area contributed by atoms with Crippen molar-refractivity contribution in [3.63, 3.8) is 0 Å². The predicted octanol–water partition coefficient (Wildman–Crippen LogP) is 5.31. The minimum atomic E-state index is -0.783. The number of barbiturate groups is 1. The fourth-order valence-corrected chi connectivity index (χ4v) is 3.90. The van der Waals surface area contributed by atoms with Crippen LogP contribution in [0.5, 0.6) is 0 Å². The normalized spacial score (nSPS) is 15.5. The van der Waals surface area contributed by atoms with E-state index in [0.717, 1.165) is 21.8 Å². The number of aryl methyl sites for hydroxylation is 1. The first kappa shape index (κ1) is 21.0. The Morgan fingerprint density at radius 1 is 1.00 bits per heavy atom. The Balaban J connectivity index is 1.58. The van der Waals surface area contributed by atoms with Crippen LogP contribution in [0, 0.1) is 0 Å². The second-order valence-electron chi connectivity index (χ2n) is 6.69. The van der Waals surface area contributed by atoms with Gasteiger partial charge >= 0.3 is 6.03 Å². The van der Waals surface area contributed by atoms with Gasteiger partial charge in [-0.25, -0.2) is 9.69 Å². The number of rotatable bonds is 5. The van der Waals surface area contributed by atoms with E-state index < -0.39 is 17.8 Å². The number of nitrogens with one attached hydrogen (secondary N) is 1. The molecule has 0 radical (unpaired) electrons. The molecule has 1 aliphatic heterocycles. The zero-order chi connectivity index (χ0) is 22.0. The van der Waals surface area contributed by atoms with Gasteiger partial charge < -0.3 is 4.42 Å². The molecule has 1 saturated heterocycles. The third-order valence-electron chi connectivity index (χ3n) is 4.63. The molecule has 4 rings (SSSR count). The van der Waals surface area contributed by atoms with Crippen LogP contribution in [0.15, 0.2) is 80.6 Å². The summed E-state index contributed by atoms with van der Waals surface area (Å²) in [6.45, 7) is 2.01. The third-order valence-corrected chi connectivity index (χ3v) is 5.81. The van der Waals surface area contributed by atoms with Crippen LogP contribution in [0.4, 0.5) is 10.5 Å². The molecule has 0 bridgehead atoms. The van der Waals surface area contributed by atoms with E-state index in [2.05, 4.69) is 5.32 Å². The molecule has 8 heteroatoms. The highest BCUT2D eigenvalue weighted by Crippen LogP contribution is 2.31. The average molecular weight is 453 g/mol. The maximum Gasteiger partial charge on any atom is 0.335 e.